The molecule has 0 atom stereocenters. The maximum absolute atomic E-state index is 13.2. The Morgan fingerprint density at radius 1 is 1.21 bits per heavy atom. The quantitative estimate of drug-likeness (QED) is 0.363. The Labute approximate surface area is 220 Å². The van der Waals surface area contributed by atoms with E-state index < -0.39 is 5.60 Å². The van der Waals surface area contributed by atoms with Crippen molar-refractivity contribution in [3.05, 3.63) is 82.4 Å². The van der Waals surface area contributed by atoms with E-state index in [9.17, 15) is 9.90 Å². The number of allylic oxidation sites excluding steroid dienone is 1. The third-order valence-corrected chi connectivity index (χ3v) is 7.20. The Balaban J connectivity index is 1.36. The summed E-state index contributed by atoms with van der Waals surface area (Å²) in [6.07, 6.45) is 4.17. The van der Waals surface area contributed by atoms with E-state index in [0.717, 1.165) is 38.4 Å². The van der Waals surface area contributed by atoms with Crippen LogP contribution in [0.4, 0.5) is 11.6 Å². The van der Waals surface area contributed by atoms with Crippen molar-refractivity contribution in [1.29, 1.82) is 0 Å². The van der Waals surface area contributed by atoms with Gasteiger partial charge in [-0.05, 0) is 55.7 Å². The van der Waals surface area contributed by atoms with Gasteiger partial charge in [-0.1, -0.05) is 18.2 Å². The third kappa shape index (κ3) is 4.40. The number of hydrogen-bond donors (Lipinski definition) is 2. The molecule has 1 aromatic carbocycles. The fraction of sp³-hybridized carbons (Fsp3) is 0.357. The SMILES string of the molecule is C=CCn1c(=O)c2cnc(Nc3ccc4c(c3)CCN(C3COC3)C4)nc2n1-c1cccc(C(C)(C)O)n1. The predicted octanol–water partition coefficient (Wildman–Crippen LogP) is 2.89. The number of aromatic nitrogens is 5. The second-order valence-electron chi connectivity index (χ2n) is 10.4. The lowest BCUT2D eigenvalue weighted by Crippen LogP contribution is -2.50. The van der Waals surface area contributed by atoms with Gasteiger partial charge in [0.05, 0.1) is 31.5 Å². The molecule has 10 nitrogen and oxygen atoms in total. The van der Waals surface area contributed by atoms with Gasteiger partial charge in [-0.25, -0.2) is 19.3 Å². The average molecular weight is 514 g/mol. The lowest BCUT2D eigenvalue weighted by atomic mass is 9.97. The van der Waals surface area contributed by atoms with Gasteiger partial charge >= 0.3 is 0 Å². The molecule has 4 aromatic rings. The van der Waals surface area contributed by atoms with Gasteiger partial charge in [0.25, 0.3) is 5.56 Å². The minimum Gasteiger partial charge on any atom is -0.384 e. The van der Waals surface area contributed by atoms with E-state index in [4.69, 9.17) is 9.72 Å². The highest BCUT2D eigenvalue weighted by atomic mass is 16.5. The zero-order valence-corrected chi connectivity index (χ0v) is 21.6. The second kappa shape index (κ2) is 9.46. The van der Waals surface area contributed by atoms with Crippen LogP contribution in [0.5, 0.6) is 0 Å². The molecule has 196 valence electrons. The van der Waals surface area contributed by atoms with Gasteiger partial charge in [0.15, 0.2) is 11.5 Å². The fourth-order valence-electron chi connectivity index (χ4n) is 5.02. The van der Waals surface area contributed by atoms with Crippen LogP contribution in [0, 0.1) is 0 Å². The Morgan fingerprint density at radius 2 is 2.05 bits per heavy atom. The summed E-state index contributed by atoms with van der Waals surface area (Å²) in [7, 11) is 0. The zero-order valence-electron chi connectivity index (χ0n) is 21.6. The van der Waals surface area contributed by atoms with E-state index in [-0.39, 0.29) is 12.1 Å². The van der Waals surface area contributed by atoms with Crippen molar-refractivity contribution in [2.45, 2.75) is 45.0 Å². The molecule has 0 amide bonds. The molecule has 3 aromatic heterocycles. The molecule has 0 saturated carbocycles. The molecule has 2 aliphatic heterocycles. The fourth-order valence-corrected chi connectivity index (χ4v) is 5.02. The number of aliphatic hydroxyl groups is 1. The molecule has 10 heteroatoms. The Morgan fingerprint density at radius 3 is 2.79 bits per heavy atom. The summed E-state index contributed by atoms with van der Waals surface area (Å²) in [6, 6.07) is 12.2. The molecule has 6 rings (SSSR count). The number of anilines is 2. The second-order valence-corrected chi connectivity index (χ2v) is 10.4. The van der Waals surface area contributed by atoms with Crippen LogP contribution in [0.2, 0.25) is 0 Å². The lowest BCUT2D eigenvalue weighted by Gasteiger charge is -2.40. The number of ether oxygens (including phenoxy) is 1. The summed E-state index contributed by atoms with van der Waals surface area (Å²) < 4.78 is 8.54. The highest BCUT2D eigenvalue weighted by Crippen LogP contribution is 2.27. The van der Waals surface area contributed by atoms with Crippen LogP contribution in [0.25, 0.3) is 16.9 Å². The predicted molar refractivity (Wildman–Crippen MR) is 145 cm³/mol. The minimum atomic E-state index is -1.14. The molecular weight excluding hydrogens is 482 g/mol. The number of hydrogen-bond acceptors (Lipinski definition) is 8. The van der Waals surface area contributed by atoms with Crippen molar-refractivity contribution in [2.75, 3.05) is 25.1 Å². The smallest absolute Gasteiger partial charge is 0.278 e. The maximum Gasteiger partial charge on any atom is 0.278 e. The van der Waals surface area contributed by atoms with E-state index in [0.29, 0.717) is 34.5 Å². The minimum absolute atomic E-state index is 0.239. The molecule has 38 heavy (non-hydrogen) atoms. The molecule has 1 fully saturated rings. The van der Waals surface area contributed by atoms with Crippen LogP contribution in [0.15, 0.2) is 60.0 Å². The molecule has 2 N–H and O–H groups in total. The summed E-state index contributed by atoms with van der Waals surface area (Å²) in [6.45, 7) is 11.0. The first-order valence-electron chi connectivity index (χ1n) is 12.8. The number of pyridine rings is 1. The summed E-state index contributed by atoms with van der Waals surface area (Å²) in [4.78, 5) is 29.5. The van der Waals surface area contributed by atoms with E-state index in [2.05, 4.69) is 38.9 Å². The van der Waals surface area contributed by atoms with Crippen molar-refractivity contribution in [3.8, 4) is 5.82 Å². The molecule has 0 radical (unpaired) electrons. The van der Waals surface area contributed by atoms with E-state index in [1.54, 1.807) is 49.0 Å². The lowest BCUT2D eigenvalue weighted by molar-refractivity contribution is -0.0694. The Hall–Kier alpha value is -3.86. The van der Waals surface area contributed by atoms with Gasteiger partial charge in [0.1, 0.15) is 11.0 Å². The monoisotopic (exact) mass is 513 g/mol. The van der Waals surface area contributed by atoms with Crippen LogP contribution < -0.4 is 10.9 Å². The summed E-state index contributed by atoms with van der Waals surface area (Å²) in [5, 5.41) is 14.2. The van der Waals surface area contributed by atoms with Crippen LogP contribution in [-0.4, -0.2) is 60.1 Å². The molecule has 0 unspecified atom stereocenters. The highest BCUT2D eigenvalue weighted by molar-refractivity contribution is 5.77. The Kier molecular flexibility index (Phi) is 6.10. The first-order valence-corrected chi connectivity index (χ1v) is 12.8. The normalized spacial score (nSPS) is 16.3. The largest absolute Gasteiger partial charge is 0.384 e. The van der Waals surface area contributed by atoms with Crippen LogP contribution in [-0.2, 0) is 29.8 Å². The van der Waals surface area contributed by atoms with Gasteiger partial charge in [-0.2, -0.15) is 4.98 Å². The van der Waals surface area contributed by atoms with Gasteiger partial charge in [-0.15, -0.1) is 6.58 Å². The van der Waals surface area contributed by atoms with Crippen molar-refractivity contribution in [3.63, 3.8) is 0 Å². The average Bonchev–Trinajstić information content (AvgIpc) is 3.13. The van der Waals surface area contributed by atoms with Gasteiger partial charge in [-0.3, -0.25) is 9.69 Å². The number of fused-ring (bicyclic) bond motifs is 2. The molecule has 0 aliphatic carbocycles. The van der Waals surface area contributed by atoms with Gasteiger partial charge in [0.2, 0.25) is 5.95 Å². The number of benzene rings is 1. The van der Waals surface area contributed by atoms with E-state index in [1.165, 1.54) is 15.8 Å². The van der Waals surface area contributed by atoms with Gasteiger partial charge in [0, 0.05) is 25.0 Å². The van der Waals surface area contributed by atoms with Crippen LogP contribution in [0.1, 0.15) is 30.7 Å². The van der Waals surface area contributed by atoms with E-state index >= 15 is 0 Å². The summed E-state index contributed by atoms with van der Waals surface area (Å²) in [5.41, 5.74) is 3.07. The third-order valence-electron chi connectivity index (χ3n) is 7.20. The van der Waals surface area contributed by atoms with Crippen LogP contribution >= 0.6 is 0 Å². The van der Waals surface area contributed by atoms with E-state index in [1.807, 2.05) is 6.07 Å². The molecule has 2 aliphatic rings. The maximum atomic E-state index is 13.2. The molecule has 1 saturated heterocycles. The van der Waals surface area contributed by atoms with Gasteiger partial charge < -0.3 is 15.2 Å². The number of rotatable bonds is 7. The Bertz CT molecular complexity index is 1580. The number of nitrogens with zero attached hydrogens (tertiary/aromatic N) is 6. The molecule has 0 bridgehead atoms. The zero-order chi connectivity index (χ0) is 26.4. The first-order chi connectivity index (χ1) is 18.3. The molecular formula is C28H31N7O3. The van der Waals surface area contributed by atoms with Crippen molar-refractivity contribution in [2.24, 2.45) is 0 Å². The van der Waals surface area contributed by atoms with Crippen molar-refractivity contribution < 1.29 is 9.84 Å². The standard InChI is InChI=1S/C28H31N7O3/c1-4-11-34-26(36)22-14-29-27(32-25(22)35(34)24-7-5-6-23(31-24)28(2,3)37)30-20-9-8-19-15-33(21-16-38-17-21)12-10-18(19)13-20/h4-9,13-14,21,37H,1,10-12,15-17H2,2-3H3,(H,29,30,32). The molecule has 0 spiro atoms. The summed E-state index contributed by atoms with van der Waals surface area (Å²) >= 11 is 0. The van der Waals surface area contributed by atoms with Crippen molar-refractivity contribution in [1.82, 2.24) is 29.2 Å². The summed E-state index contributed by atoms with van der Waals surface area (Å²) in [5.74, 6) is 0.850. The topological polar surface area (TPSA) is 110 Å². The molecule has 5 heterocycles. The highest BCUT2D eigenvalue weighted by Gasteiger charge is 2.29. The first kappa shape index (κ1) is 24.5. The number of nitrogens with one attached hydrogen (secondary N) is 1. The van der Waals surface area contributed by atoms with Crippen molar-refractivity contribution >= 4 is 22.7 Å². The van der Waals surface area contributed by atoms with Crippen LogP contribution in [0.3, 0.4) is 0 Å².